The van der Waals surface area contributed by atoms with Crippen LogP contribution in [-0.2, 0) is 9.63 Å². The van der Waals surface area contributed by atoms with E-state index in [1.807, 2.05) is 26.0 Å². The second kappa shape index (κ2) is 5.13. The molecular weight excluding hydrogens is 260 g/mol. The van der Waals surface area contributed by atoms with Crippen molar-refractivity contribution in [3.05, 3.63) is 28.8 Å². The molecule has 6 nitrogen and oxygen atoms in total. The highest BCUT2D eigenvalue weighted by Gasteiger charge is 2.46. The van der Waals surface area contributed by atoms with Crippen molar-refractivity contribution in [3.8, 4) is 5.75 Å². The maximum Gasteiger partial charge on any atom is 0.352 e. The van der Waals surface area contributed by atoms with Gasteiger partial charge in [0.05, 0.1) is 12.8 Å². The quantitative estimate of drug-likeness (QED) is 0.863. The maximum absolute atomic E-state index is 11.3. The number of nitrogens with zero attached hydrogens (tertiary/aromatic N) is 1. The minimum absolute atomic E-state index is 0.121. The van der Waals surface area contributed by atoms with E-state index in [0.29, 0.717) is 5.71 Å². The summed E-state index contributed by atoms with van der Waals surface area (Å²) in [6.07, 6.45) is 0.160. The maximum atomic E-state index is 11.3. The van der Waals surface area contributed by atoms with E-state index in [-0.39, 0.29) is 13.0 Å². The molecule has 0 aromatic heterocycles. The molecule has 1 heterocycles. The van der Waals surface area contributed by atoms with Gasteiger partial charge in [-0.1, -0.05) is 5.16 Å². The Morgan fingerprint density at radius 2 is 2.10 bits per heavy atom. The SMILES string of the molecule is COc1cc(C)c(C2=NOC(CN)(C(=O)O)C2)c(C)c1. The van der Waals surface area contributed by atoms with Gasteiger partial charge in [-0.3, -0.25) is 0 Å². The Morgan fingerprint density at radius 1 is 1.50 bits per heavy atom. The van der Waals surface area contributed by atoms with E-state index in [9.17, 15) is 9.90 Å². The molecule has 0 saturated heterocycles. The molecule has 1 aliphatic rings. The van der Waals surface area contributed by atoms with Gasteiger partial charge in [0.2, 0.25) is 0 Å². The summed E-state index contributed by atoms with van der Waals surface area (Å²) in [4.78, 5) is 16.4. The van der Waals surface area contributed by atoms with Crippen molar-refractivity contribution in [1.82, 2.24) is 0 Å². The number of aryl methyl sites for hydroxylation is 2. The molecule has 0 saturated carbocycles. The van der Waals surface area contributed by atoms with Crippen molar-refractivity contribution < 1.29 is 19.5 Å². The topological polar surface area (TPSA) is 94.1 Å². The number of nitrogens with two attached hydrogens (primary N) is 1. The summed E-state index contributed by atoms with van der Waals surface area (Å²) in [6, 6.07) is 3.77. The van der Waals surface area contributed by atoms with E-state index < -0.39 is 11.6 Å². The van der Waals surface area contributed by atoms with Crippen LogP contribution in [0, 0.1) is 13.8 Å². The summed E-state index contributed by atoms with van der Waals surface area (Å²) in [6.45, 7) is 3.73. The average molecular weight is 278 g/mol. The molecular formula is C14H18N2O4. The fraction of sp³-hybridized carbons (Fsp3) is 0.429. The number of methoxy groups -OCH3 is 1. The largest absolute Gasteiger partial charge is 0.497 e. The molecule has 0 radical (unpaired) electrons. The molecule has 0 bridgehead atoms. The molecule has 1 unspecified atom stereocenters. The Morgan fingerprint density at radius 3 is 2.50 bits per heavy atom. The van der Waals surface area contributed by atoms with Crippen LogP contribution in [0.3, 0.4) is 0 Å². The van der Waals surface area contributed by atoms with Crippen LogP contribution in [0.1, 0.15) is 23.1 Å². The third-order valence-electron chi connectivity index (χ3n) is 3.53. The van der Waals surface area contributed by atoms with Crippen LogP contribution in [0.5, 0.6) is 5.75 Å². The monoisotopic (exact) mass is 278 g/mol. The Kier molecular flexibility index (Phi) is 3.67. The van der Waals surface area contributed by atoms with Crippen molar-refractivity contribution in [2.24, 2.45) is 10.9 Å². The van der Waals surface area contributed by atoms with Crippen molar-refractivity contribution >= 4 is 11.7 Å². The number of carbonyl (C=O) groups is 1. The number of hydrogen-bond acceptors (Lipinski definition) is 5. The summed E-state index contributed by atoms with van der Waals surface area (Å²) in [5, 5.41) is 13.2. The van der Waals surface area contributed by atoms with Gasteiger partial charge in [0, 0.05) is 18.5 Å². The van der Waals surface area contributed by atoms with Crippen LogP contribution in [0.2, 0.25) is 0 Å². The minimum atomic E-state index is -1.45. The van der Waals surface area contributed by atoms with Gasteiger partial charge in [0.1, 0.15) is 5.75 Å². The summed E-state index contributed by atoms with van der Waals surface area (Å²) in [5.41, 5.74) is 7.50. The van der Waals surface area contributed by atoms with Gasteiger partial charge in [-0.25, -0.2) is 4.79 Å². The molecule has 0 aliphatic carbocycles. The Bertz CT molecular complexity index is 560. The fourth-order valence-corrected chi connectivity index (χ4v) is 2.42. The first kappa shape index (κ1) is 14.3. The lowest BCUT2D eigenvalue weighted by Gasteiger charge is -2.19. The van der Waals surface area contributed by atoms with Crippen molar-refractivity contribution in [1.29, 1.82) is 0 Å². The number of ether oxygens (including phenoxy) is 1. The third-order valence-corrected chi connectivity index (χ3v) is 3.53. The first-order chi connectivity index (χ1) is 9.43. The van der Waals surface area contributed by atoms with Gasteiger partial charge in [-0.15, -0.1) is 0 Å². The van der Waals surface area contributed by atoms with Gasteiger partial charge < -0.3 is 20.4 Å². The van der Waals surface area contributed by atoms with Gasteiger partial charge in [0.15, 0.2) is 0 Å². The van der Waals surface area contributed by atoms with Crippen molar-refractivity contribution in [3.63, 3.8) is 0 Å². The molecule has 1 aromatic rings. The molecule has 108 valence electrons. The predicted octanol–water partition coefficient (Wildman–Crippen LogP) is 1.22. The first-order valence-corrected chi connectivity index (χ1v) is 6.27. The van der Waals surface area contributed by atoms with E-state index in [1.54, 1.807) is 7.11 Å². The zero-order valence-electron chi connectivity index (χ0n) is 11.8. The van der Waals surface area contributed by atoms with Crippen LogP contribution < -0.4 is 10.5 Å². The zero-order valence-corrected chi connectivity index (χ0v) is 11.8. The Balaban J connectivity index is 2.38. The molecule has 1 aromatic carbocycles. The molecule has 2 rings (SSSR count). The number of carboxylic acids is 1. The fourth-order valence-electron chi connectivity index (χ4n) is 2.42. The van der Waals surface area contributed by atoms with E-state index >= 15 is 0 Å². The lowest BCUT2D eigenvalue weighted by atomic mass is 9.90. The van der Waals surface area contributed by atoms with Crippen LogP contribution in [-0.4, -0.2) is 36.0 Å². The van der Waals surface area contributed by atoms with Crippen LogP contribution in [0.4, 0.5) is 0 Å². The number of benzene rings is 1. The summed E-state index contributed by atoms with van der Waals surface area (Å²) in [5.74, 6) is -0.339. The molecule has 1 atom stereocenters. The normalized spacial score (nSPS) is 21.3. The van der Waals surface area contributed by atoms with Gasteiger partial charge >= 0.3 is 5.97 Å². The van der Waals surface area contributed by atoms with E-state index in [4.69, 9.17) is 15.3 Å². The van der Waals surface area contributed by atoms with Crippen LogP contribution >= 0.6 is 0 Å². The number of aliphatic carboxylic acids is 1. The first-order valence-electron chi connectivity index (χ1n) is 6.27. The third kappa shape index (κ3) is 2.22. The van der Waals surface area contributed by atoms with E-state index in [2.05, 4.69) is 5.16 Å². The number of rotatable bonds is 4. The number of oxime groups is 1. The molecule has 20 heavy (non-hydrogen) atoms. The molecule has 3 N–H and O–H groups in total. The highest BCUT2D eigenvalue weighted by molar-refractivity contribution is 6.06. The summed E-state index contributed by atoms with van der Waals surface area (Å²) >= 11 is 0. The van der Waals surface area contributed by atoms with Crippen molar-refractivity contribution in [2.75, 3.05) is 13.7 Å². The Hall–Kier alpha value is -2.08. The van der Waals surface area contributed by atoms with E-state index in [1.165, 1.54) is 0 Å². The summed E-state index contributed by atoms with van der Waals surface area (Å²) in [7, 11) is 1.61. The van der Waals surface area contributed by atoms with Crippen LogP contribution in [0.25, 0.3) is 0 Å². The molecule has 1 aliphatic heterocycles. The Labute approximate surface area is 117 Å². The van der Waals surface area contributed by atoms with Gasteiger partial charge in [0.25, 0.3) is 5.60 Å². The highest BCUT2D eigenvalue weighted by Crippen LogP contribution is 2.31. The second-order valence-corrected chi connectivity index (χ2v) is 4.95. The molecule has 0 amide bonds. The number of carboxylic acid groups (broad SMARTS) is 1. The predicted molar refractivity (Wildman–Crippen MR) is 74.1 cm³/mol. The average Bonchev–Trinajstić information content (AvgIpc) is 2.83. The second-order valence-electron chi connectivity index (χ2n) is 4.95. The standard InChI is InChI=1S/C14H18N2O4/c1-8-4-10(19-3)5-9(2)12(8)11-6-14(7-15,13(17)18)20-16-11/h4-5H,6-7,15H2,1-3H3,(H,17,18). The molecule has 0 spiro atoms. The lowest BCUT2D eigenvalue weighted by molar-refractivity contribution is -0.161. The summed E-state index contributed by atoms with van der Waals surface area (Å²) < 4.78 is 5.21. The highest BCUT2D eigenvalue weighted by atomic mass is 16.7. The molecule has 0 fully saturated rings. The van der Waals surface area contributed by atoms with E-state index in [0.717, 1.165) is 22.4 Å². The lowest BCUT2D eigenvalue weighted by Crippen LogP contribution is -2.46. The van der Waals surface area contributed by atoms with Gasteiger partial charge in [-0.05, 0) is 37.1 Å². The smallest absolute Gasteiger partial charge is 0.352 e. The van der Waals surface area contributed by atoms with Crippen LogP contribution in [0.15, 0.2) is 17.3 Å². The number of hydrogen-bond donors (Lipinski definition) is 2. The zero-order chi connectivity index (χ0) is 14.9. The molecule has 6 heteroatoms. The van der Waals surface area contributed by atoms with Gasteiger partial charge in [-0.2, -0.15) is 0 Å². The van der Waals surface area contributed by atoms with Crippen molar-refractivity contribution in [2.45, 2.75) is 25.9 Å². The minimum Gasteiger partial charge on any atom is -0.497 e.